The van der Waals surface area contributed by atoms with Gasteiger partial charge in [0, 0.05) is 0 Å². The lowest BCUT2D eigenvalue weighted by atomic mass is 9.96. The van der Waals surface area contributed by atoms with Crippen LogP contribution in [0.1, 0.15) is 20.3 Å². The van der Waals surface area contributed by atoms with E-state index in [0.717, 1.165) is 0 Å². The Morgan fingerprint density at radius 3 is 2.09 bits per heavy atom. The van der Waals surface area contributed by atoms with Crippen molar-refractivity contribution in [2.75, 3.05) is 19.8 Å². The van der Waals surface area contributed by atoms with E-state index in [1.165, 1.54) is 0 Å². The number of aliphatic hydroxyl groups is 7. The van der Waals surface area contributed by atoms with Crippen LogP contribution < -0.4 is 0 Å². The first kappa shape index (κ1) is 25.9. The van der Waals surface area contributed by atoms with E-state index in [-0.39, 0.29) is 25.2 Å². The van der Waals surface area contributed by atoms with Crippen LogP contribution >= 0.6 is 0 Å². The summed E-state index contributed by atoms with van der Waals surface area (Å²) in [5.41, 5.74) is 0. The first-order valence-electron chi connectivity index (χ1n) is 10.7. The molecule has 0 aromatic heterocycles. The number of rotatable bonds is 10. The zero-order valence-corrected chi connectivity index (χ0v) is 18.0. The molecule has 12 nitrogen and oxygen atoms in total. The average Bonchev–Trinajstić information content (AvgIpc) is 3.44. The van der Waals surface area contributed by atoms with Crippen molar-refractivity contribution in [2.45, 2.75) is 93.4 Å². The summed E-state index contributed by atoms with van der Waals surface area (Å²) in [7, 11) is 0. The molecule has 0 aromatic rings. The van der Waals surface area contributed by atoms with Crippen molar-refractivity contribution >= 4 is 0 Å². The van der Waals surface area contributed by atoms with Gasteiger partial charge in [-0.3, -0.25) is 0 Å². The van der Waals surface area contributed by atoms with Gasteiger partial charge in [-0.25, -0.2) is 0 Å². The van der Waals surface area contributed by atoms with Gasteiger partial charge >= 0.3 is 0 Å². The fraction of sp³-hybridized carbons (Fsp3) is 0.900. The number of hydrogen-bond acceptors (Lipinski definition) is 12. The van der Waals surface area contributed by atoms with Crippen LogP contribution in [0.25, 0.3) is 0 Å². The Hall–Kier alpha value is -0.740. The molecule has 3 unspecified atom stereocenters. The van der Waals surface area contributed by atoms with E-state index < -0.39 is 74.1 Å². The summed E-state index contributed by atoms with van der Waals surface area (Å²) in [5.74, 6) is -2.13. The molecule has 186 valence electrons. The lowest BCUT2D eigenvalue weighted by molar-refractivity contribution is -0.398. The van der Waals surface area contributed by atoms with E-state index in [2.05, 4.69) is 0 Å². The molecule has 0 aromatic carbocycles. The van der Waals surface area contributed by atoms with E-state index in [4.69, 9.17) is 23.7 Å². The molecule has 3 heterocycles. The Kier molecular flexibility index (Phi) is 8.63. The quantitative estimate of drug-likeness (QED) is 0.126. The molecule has 0 spiro atoms. The third-order valence-electron chi connectivity index (χ3n) is 6.11. The summed E-state index contributed by atoms with van der Waals surface area (Å²) in [6, 6.07) is 0. The predicted molar refractivity (Wildman–Crippen MR) is 105 cm³/mol. The van der Waals surface area contributed by atoms with Gasteiger partial charge in [0.25, 0.3) is 0 Å². The monoisotopic (exact) mass is 466 g/mol. The van der Waals surface area contributed by atoms with Crippen LogP contribution in [0, 0.1) is 0 Å². The standard InChI is InChI=1S/C20H34O12/c1-3-4-5-13(28-8-12-9(2)29-12)20(18(27)15(24)11(7-22)31-20)32-19-17(26)16(25)14(23)10(6-21)30-19/h3-4,9-19,21-27H,5-8H2,1-2H3/b4-3+/t9?,10-,11-,12?,13?,14-,15-,16+,17-,18+,19-,20+/m1/s1. The van der Waals surface area contributed by atoms with Gasteiger partial charge < -0.3 is 59.4 Å². The molecule has 0 bridgehead atoms. The van der Waals surface area contributed by atoms with E-state index in [0.29, 0.717) is 0 Å². The Morgan fingerprint density at radius 2 is 1.56 bits per heavy atom. The van der Waals surface area contributed by atoms with Gasteiger partial charge in [-0.1, -0.05) is 12.2 Å². The van der Waals surface area contributed by atoms with Crippen molar-refractivity contribution in [3.63, 3.8) is 0 Å². The van der Waals surface area contributed by atoms with Crippen molar-refractivity contribution in [1.82, 2.24) is 0 Å². The van der Waals surface area contributed by atoms with Crippen LogP contribution in [-0.2, 0) is 23.7 Å². The second-order valence-corrected chi connectivity index (χ2v) is 8.32. The van der Waals surface area contributed by atoms with E-state index in [9.17, 15) is 35.7 Å². The molecule has 0 aliphatic carbocycles. The lowest BCUT2D eigenvalue weighted by Crippen LogP contribution is -2.64. The fourth-order valence-electron chi connectivity index (χ4n) is 3.97. The minimum Gasteiger partial charge on any atom is -0.394 e. The Morgan fingerprint density at radius 1 is 0.906 bits per heavy atom. The van der Waals surface area contributed by atoms with Crippen LogP contribution in [0.3, 0.4) is 0 Å². The highest BCUT2D eigenvalue weighted by molar-refractivity contribution is 5.04. The number of epoxide rings is 1. The maximum absolute atomic E-state index is 10.9. The molecular formula is C20H34O12. The zero-order valence-electron chi connectivity index (χ0n) is 18.0. The van der Waals surface area contributed by atoms with Gasteiger partial charge in [0.2, 0.25) is 5.79 Å². The van der Waals surface area contributed by atoms with Gasteiger partial charge in [-0.2, -0.15) is 0 Å². The van der Waals surface area contributed by atoms with Crippen molar-refractivity contribution in [3.05, 3.63) is 12.2 Å². The zero-order chi connectivity index (χ0) is 23.6. The average molecular weight is 466 g/mol. The topological polar surface area (TPSA) is 191 Å². The Labute approximate surface area is 185 Å². The van der Waals surface area contributed by atoms with Crippen LogP contribution in [0.4, 0.5) is 0 Å². The van der Waals surface area contributed by atoms with Crippen molar-refractivity contribution in [3.8, 4) is 0 Å². The molecule has 12 heteroatoms. The first-order chi connectivity index (χ1) is 15.2. The number of allylic oxidation sites excluding steroid dienone is 1. The van der Waals surface area contributed by atoms with Gasteiger partial charge in [-0.15, -0.1) is 0 Å². The highest BCUT2D eigenvalue weighted by Crippen LogP contribution is 2.41. The van der Waals surface area contributed by atoms with Crippen LogP contribution in [0.2, 0.25) is 0 Å². The summed E-state index contributed by atoms with van der Waals surface area (Å²) in [4.78, 5) is 0. The summed E-state index contributed by atoms with van der Waals surface area (Å²) in [5, 5.41) is 71.0. The second kappa shape index (κ2) is 10.7. The molecule has 7 N–H and O–H groups in total. The molecule has 32 heavy (non-hydrogen) atoms. The second-order valence-electron chi connectivity index (χ2n) is 8.32. The highest BCUT2D eigenvalue weighted by Gasteiger charge is 2.62. The van der Waals surface area contributed by atoms with Crippen molar-refractivity contribution in [2.24, 2.45) is 0 Å². The normalized spacial score (nSPS) is 47.8. The van der Waals surface area contributed by atoms with E-state index >= 15 is 0 Å². The number of aliphatic hydroxyl groups excluding tert-OH is 7. The maximum Gasteiger partial charge on any atom is 0.227 e. The Bertz CT molecular complexity index is 632. The molecule has 3 saturated heterocycles. The van der Waals surface area contributed by atoms with Crippen molar-refractivity contribution < 1.29 is 59.4 Å². The maximum atomic E-state index is 10.9. The van der Waals surface area contributed by atoms with Gasteiger partial charge in [0.05, 0.1) is 25.9 Å². The summed E-state index contributed by atoms with van der Waals surface area (Å²) in [6.07, 6.45) is -10.2. The SMILES string of the molecule is C/C=C/CC(OCC1OC1C)[C@@]1(O[C@H]2O[C@H](CO)[C@@H](O)[C@H](O)[C@H]2O)O[C@H](CO)[C@@H](O)[C@@H]1O. The molecule has 0 radical (unpaired) electrons. The lowest BCUT2D eigenvalue weighted by Gasteiger charge is -2.45. The van der Waals surface area contributed by atoms with Gasteiger partial charge in [-0.05, 0) is 20.3 Å². The van der Waals surface area contributed by atoms with E-state index in [1.807, 2.05) is 6.92 Å². The highest BCUT2D eigenvalue weighted by atomic mass is 16.8. The van der Waals surface area contributed by atoms with E-state index in [1.54, 1.807) is 19.1 Å². The summed E-state index contributed by atoms with van der Waals surface area (Å²) < 4.78 is 28.3. The molecule has 3 fully saturated rings. The largest absolute Gasteiger partial charge is 0.394 e. The minimum absolute atomic E-state index is 0.00937. The van der Waals surface area contributed by atoms with Crippen LogP contribution in [0.15, 0.2) is 12.2 Å². The molecule has 3 rings (SSSR count). The van der Waals surface area contributed by atoms with Crippen LogP contribution in [0.5, 0.6) is 0 Å². The summed E-state index contributed by atoms with van der Waals surface area (Å²) >= 11 is 0. The summed E-state index contributed by atoms with van der Waals surface area (Å²) in [6.45, 7) is 2.43. The fourth-order valence-corrected chi connectivity index (χ4v) is 3.97. The smallest absolute Gasteiger partial charge is 0.227 e. The first-order valence-corrected chi connectivity index (χ1v) is 10.7. The molecule has 0 saturated carbocycles. The molecule has 3 aliphatic heterocycles. The minimum atomic E-state index is -2.13. The number of hydrogen-bond donors (Lipinski definition) is 7. The molecule has 3 aliphatic rings. The Balaban J connectivity index is 1.91. The van der Waals surface area contributed by atoms with Gasteiger partial charge in [0.15, 0.2) is 6.29 Å². The third-order valence-corrected chi connectivity index (χ3v) is 6.11. The molecule has 12 atom stereocenters. The molecule has 0 amide bonds. The van der Waals surface area contributed by atoms with Crippen molar-refractivity contribution in [1.29, 1.82) is 0 Å². The van der Waals surface area contributed by atoms with Crippen LogP contribution in [-0.4, -0.2) is 129 Å². The third kappa shape index (κ3) is 5.02. The predicted octanol–water partition coefficient (Wildman–Crippen LogP) is -3.25. The number of ether oxygens (including phenoxy) is 5. The molecular weight excluding hydrogens is 432 g/mol. The van der Waals surface area contributed by atoms with Gasteiger partial charge in [0.1, 0.15) is 54.9 Å².